The molecule has 1 aliphatic heterocycles. The van der Waals surface area contributed by atoms with Gasteiger partial charge in [0.05, 0.1) is 6.04 Å². The normalized spacial score (nSPS) is 26.4. The van der Waals surface area contributed by atoms with Gasteiger partial charge in [-0.05, 0) is 18.2 Å². The molecule has 0 fully saturated rings. The summed E-state index contributed by atoms with van der Waals surface area (Å²) in [5, 5.41) is 10.0. The molecule has 0 saturated heterocycles. The molecule has 4 heteroatoms. The third kappa shape index (κ3) is 1.50. The highest BCUT2D eigenvalue weighted by Crippen LogP contribution is 2.32. The average molecular weight is 200 g/mol. The largest absolute Gasteiger partial charge is 0.490 e. The fourth-order valence-corrected chi connectivity index (χ4v) is 1.58. The molecule has 1 aromatic carbocycles. The van der Waals surface area contributed by atoms with E-state index in [-0.39, 0.29) is 6.61 Å². The summed E-state index contributed by atoms with van der Waals surface area (Å²) in [5.41, 5.74) is 6.54. The first kappa shape index (κ1) is 8.81. The van der Waals surface area contributed by atoms with Crippen molar-refractivity contribution in [1.82, 2.24) is 0 Å². The number of halogens is 1. The van der Waals surface area contributed by atoms with E-state index in [1.807, 2.05) is 0 Å². The minimum Gasteiger partial charge on any atom is -0.490 e. The summed E-state index contributed by atoms with van der Waals surface area (Å²) in [6, 6.07) is 4.83. The Labute approximate surface area is 81.1 Å². The number of hydrogen-bond donors (Lipinski definition) is 2. The molecule has 13 heavy (non-hydrogen) atoms. The molecule has 1 heterocycles. The maximum absolute atomic E-state index is 9.42. The van der Waals surface area contributed by atoms with E-state index in [1.165, 1.54) is 0 Å². The summed E-state index contributed by atoms with van der Waals surface area (Å²) in [5.74, 6) is 0.710. The average Bonchev–Trinajstić information content (AvgIpc) is 2.12. The molecular weight excluding hydrogens is 190 g/mol. The Hall–Kier alpha value is -0.770. The highest BCUT2D eigenvalue weighted by molar-refractivity contribution is 6.30. The van der Waals surface area contributed by atoms with Gasteiger partial charge < -0.3 is 15.6 Å². The van der Waals surface area contributed by atoms with Crippen LogP contribution in [-0.2, 0) is 0 Å². The van der Waals surface area contributed by atoms with Crippen LogP contribution in [0.5, 0.6) is 5.75 Å². The number of hydrogen-bond acceptors (Lipinski definition) is 3. The van der Waals surface area contributed by atoms with Gasteiger partial charge in [-0.2, -0.15) is 0 Å². The molecule has 2 atom stereocenters. The van der Waals surface area contributed by atoms with Gasteiger partial charge in [-0.25, -0.2) is 0 Å². The van der Waals surface area contributed by atoms with Crippen molar-refractivity contribution in [3.63, 3.8) is 0 Å². The van der Waals surface area contributed by atoms with Crippen LogP contribution >= 0.6 is 11.6 Å². The van der Waals surface area contributed by atoms with Crippen molar-refractivity contribution in [1.29, 1.82) is 0 Å². The first-order chi connectivity index (χ1) is 6.18. The molecular formula is C9H10ClNO2. The highest BCUT2D eigenvalue weighted by atomic mass is 35.5. The molecule has 0 radical (unpaired) electrons. The van der Waals surface area contributed by atoms with Gasteiger partial charge in [-0.1, -0.05) is 11.6 Å². The molecule has 0 bridgehead atoms. The number of benzene rings is 1. The predicted molar refractivity (Wildman–Crippen MR) is 49.9 cm³/mol. The van der Waals surface area contributed by atoms with Crippen molar-refractivity contribution in [2.24, 2.45) is 5.73 Å². The summed E-state index contributed by atoms with van der Waals surface area (Å²) in [6.45, 7) is 0.246. The molecule has 3 nitrogen and oxygen atoms in total. The standard InChI is InChI=1S/C9H10ClNO2/c10-5-1-2-8-6(3-5)9(11)7(12)4-13-8/h1-3,7,9,12H,4,11H2/t7-,9+/m1/s1. The lowest BCUT2D eigenvalue weighted by Crippen LogP contribution is -2.35. The lowest BCUT2D eigenvalue weighted by molar-refractivity contribution is 0.0679. The molecule has 0 aromatic heterocycles. The van der Waals surface area contributed by atoms with E-state index in [1.54, 1.807) is 18.2 Å². The molecule has 0 spiro atoms. The predicted octanol–water partition coefficient (Wildman–Crippen LogP) is 1.09. The van der Waals surface area contributed by atoms with Crippen molar-refractivity contribution in [2.45, 2.75) is 12.1 Å². The number of aliphatic hydroxyl groups is 1. The summed E-state index contributed by atoms with van der Waals surface area (Å²) < 4.78 is 5.27. The molecule has 1 aliphatic rings. The first-order valence-electron chi connectivity index (χ1n) is 4.04. The second-order valence-electron chi connectivity index (χ2n) is 3.09. The number of rotatable bonds is 0. The minimum absolute atomic E-state index is 0.246. The monoisotopic (exact) mass is 199 g/mol. The van der Waals surface area contributed by atoms with Gasteiger partial charge in [-0.3, -0.25) is 0 Å². The lowest BCUT2D eigenvalue weighted by Gasteiger charge is -2.27. The molecule has 0 aliphatic carbocycles. The van der Waals surface area contributed by atoms with Gasteiger partial charge in [0.25, 0.3) is 0 Å². The van der Waals surface area contributed by atoms with Crippen LogP contribution in [0.1, 0.15) is 11.6 Å². The van der Waals surface area contributed by atoms with Crippen molar-refractivity contribution < 1.29 is 9.84 Å². The highest BCUT2D eigenvalue weighted by Gasteiger charge is 2.26. The van der Waals surface area contributed by atoms with E-state index >= 15 is 0 Å². The third-order valence-electron chi connectivity index (χ3n) is 2.16. The van der Waals surface area contributed by atoms with Gasteiger partial charge >= 0.3 is 0 Å². The van der Waals surface area contributed by atoms with E-state index < -0.39 is 12.1 Å². The van der Waals surface area contributed by atoms with Gasteiger partial charge in [0.2, 0.25) is 0 Å². The molecule has 0 amide bonds. The summed E-state index contributed by atoms with van der Waals surface area (Å²) in [7, 11) is 0. The van der Waals surface area contributed by atoms with Crippen LogP contribution in [0.4, 0.5) is 0 Å². The Kier molecular flexibility index (Phi) is 2.15. The smallest absolute Gasteiger partial charge is 0.124 e. The molecule has 1 aromatic rings. The second-order valence-corrected chi connectivity index (χ2v) is 3.52. The maximum atomic E-state index is 9.42. The van der Waals surface area contributed by atoms with E-state index in [9.17, 15) is 5.11 Å². The Morgan fingerprint density at radius 1 is 1.54 bits per heavy atom. The first-order valence-corrected chi connectivity index (χ1v) is 4.42. The number of nitrogens with two attached hydrogens (primary N) is 1. The van der Waals surface area contributed by atoms with Crippen molar-refractivity contribution in [3.8, 4) is 5.75 Å². The SMILES string of the molecule is N[C@H]1c2cc(Cl)ccc2OC[C@H]1O. The molecule has 70 valence electrons. The molecule has 0 unspecified atom stereocenters. The van der Waals surface area contributed by atoms with E-state index in [2.05, 4.69) is 0 Å². The van der Waals surface area contributed by atoms with Crippen molar-refractivity contribution >= 4 is 11.6 Å². The van der Waals surface area contributed by atoms with Gasteiger partial charge in [0, 0.05) is 10.6 Å². The molecule has 2 rings (SSSR count). The Morgan fingerprint density at radius 2 is 2.31 bits per heavy atom. The Balaban J connectivity index is 2.45. The zero-order valence-electron chi connectivity index (χ0n) is 6.90. The van der Waals surface area contributed by atoms with Gasteiger partial charge in [0.15, 0.2) is 0 Å². The zero-order valence-corrected chi connectivity index (χ0v) is 7.66. The van der Waals surface area contributed by atoms with Crippen molar-refractivity contribution in [2.75, 3.05) is 6.61 Å². The Bertz CT molecular complexity index is 329. The number of aliphatic hydroxyl groups excluding tert-OH is 1. The fourth-order valence-electron chi connectivity index (χ4n) is 1.40. The summed E-state index contributed by atoms with van der Waals surface area (Å²) in [4.78, 5) is 0. The van der Waals surface area contributed by atoms with Crippen LogP contribution in [0.2, 0.25) is 5.02 Å². The van der Waals surface area contributed by atoms with E-state index in [0.717, 1.165) is 5.56 Å². The number of ether oxygens (including phenoxy) is 1. The van der Waals surface area contributed by atoms with E-state index in [4.69, 9.17) is 22.1 Å². The minimum atomic E-state index is -0.647. The molecule has 0 saturated carbocycles. The van der Waals surface area contributed by atoms with Crippen LogP contribution < -0.4 is 10.5 Å². The van der Waals surface area contributed by atoms with Gasteiger partial charge in [-0.15, -0.1) is 0 Å². The zero-order chi connectivity index (χ0) is 9.42. The van der Waals surface area contributed by atoms with Crippen LogP contribution in [0.25, 0.3) is 0 Å². The van der Waals surface area contributed by atoms with Crippen LogP contribution in [0.15, 0.2) is 18.2 Å². The molecule has 3 N–H and O–H groups in total. The Morgan fingerprint density at radius 3 is 3.08 bits per heavy atom. The fraction of sp³-hybridized carbons (Fsp3) is 0.333. The number of fused-ring (bicyclic) bond motifs is 1. The van der Waals surface area contributed by atoms with Crippen LogP contribution in [-0.4, -0.2) is 17.8 Å². The maximum Gasteiger partial charge on any atom is 0.124 e. The summed E-state index contributed by atoms with van der Waals surface area (Å²) >= 11 is 5.80. The topological polar surface area (TPSA) is 55.5 Å². The van der Waals surface area contributed by atoms with Crippen molar-refractivity contribution in [3.05, 3.63) is 28.8 Å². The van der Waals surface area contributed by atoms with Crippen LogP contribution in [0, 0.1) is 0 Å². The summed E-state index contributed by atoms with van der Waals surface area (Å²) in [6.07, 6.45) is -0.647. The van der Waals surface area contributed by atoms with E-state index in [0.29, 0.717) is 10.8 Å². The van der Waals surface area contributed by atoms with Crippen LogP contribution in [0.3, 0.4) is 0 Å². The quantitative estimate of drug-likeness (QED) is 0.658. The lowest BCUT2D eigenvalue weighted by atomic mass is 9.99. The van der Waals surface area contributed by atoms with Gasteiger partial charge in [0.1, 0.15) is 18.5 Å². The second kappa shape index (κ2) is 3.18. The third-order valence-corrected chi connectivity index (χ3v) is 2.39.